The number of hydrogen-bond acceptors (Lipinski definition) is 3. The van der Waals surface area contributed by atoms with Crippen LogP contribution in [0.1, 0.15) is 24.1 Å². The number of carbonyl (C=O) groups excluding carboxylic acids is 1. The number of halogens is 1. The summed E-state index contributed by atoms with van der Waals surface area (Å²) in [4.78, 5) is 12.0. The molecule has 2 N–H and O–H groups in total. The van der Waals surface area contributed by atoms with Crippen LogP contribution in [0.5, 0.6) is 11.5 Å². The Labute approximate surface area is 147 Å². The van der Waals surface area contributed by atoms with E-state index in [0.717, 1.165) is 22.6 Å². The van der Waals surface area contributed by atoms with Crippen molar-refractivity contribution in [2.75, 3.05) is 20.8 Å². The van der Waals surface area contributed by atoms with Gasteiger partial charge in [0.1, 0.15) is 17.3 Å². The fraction of sp³-hybridized carbons (Fsp3) is 0.316. The number of ether oxygens (including phenoxy) is 2. The van der Waals surface area contributed by atoms with E-state index in [1.165, 1.54) is 12.1 Å². The highest BCUT2D eigenvalue weighted by molar-refractivity contribution is 5.74. The average molecular weight is 346 g/mol. The van der Waals surface area contributed by atoms with E-state index in [1.807, 2.05) is 25.1 Å². The van der Waals surface area contributed by atoms with Crippen molar-refractivity contribution in [2.45, 2.75) is 19.4 Å². The Morgan fingerprint density at radius 3 is 2.48 bits per heavy atom. The van der Waals surface area contributed by atoms with Crippen LogP contribution in [0.3, 0.4) is 0 Å². The third-order valence-corrected chi connectivity index (χ3v) is 3.89. The van der Waals surface area contributed by atoms with E-state index in [-0.39, 0.29) is 17.9 Å². The number of methoxy groups -OCH3 is 2. The lowest BCUT2D eigenvalue weighted by Gasteiger charge is -2.15. The molecule has 0 spiro atoms. The first-order chi connectivity index (χ1) is 12.0. The Morgan fingerprint density at radius 2 is 1.84 bits per heavy atom. The second-order valence-electron chi connectivity index (χ2n) is 5.60. The zero-order valence-corrected chi connectivity index (χ0v) is 14.6. The van der Waals surface area contributed by atoms with Crippen molar-refractivity contribution in [3.63, 3.8) is 0 Å². The van der Waals surface area contributed by atoms with Gasteiger partial charge in [0.25, 0.3) is 0 Å². The Hall–Kier alpha value is -2.76. The summed E-state index contributed by atoms with van der Waals surface area (Å²) in [5.41, 5.74) is 1.79. The maximum Gasteiger partial charge on any atom is 0.315 e. The minimum atomic E-state index is -0.298. The van der Waals surface area contributed by atoms with E-state index >= 15 is 0 Å². The van der Waals surface area contributed by atoms with Gasteiger partial charge in [-0.3, -0.25) is 0 Å². The summed E-state index contributed by atoms with van der Waals surface area (Å²) >= 11 is 0. The van der Waals surface area contributed by atoms with Crippen molar-refractivity contribution < 1.29 is 18.7 Å². The summed E-state index contributed by atoms with van der Waals surface area (Å²) in [6, 6.07) is 11.1. The summed E-state index contributed by atoms with van der Waals surface area (Å²) < 4.78 is 23.5. The summed E-state index contributed by atoms with van der Waals surface area (Å²) in [6.45, 7) is 2.30. The van der Waals surface area contributed by atoms with Crippen molar-refractivity contribution in [2.24, 2.45) is 0 Å². The predicted molar refractivity (Wildman–Crippen MR) is 94.6 cm³/mol. The second-order valence-corrected chi connectivity index (χ2v) is 5.60. The second kappa shape index (κ2) is 8.92. The van der Waals surface area contributed by atoms with Crippen molar-refractivity contribution in [1.29, 1.82) is 0 Å². The third kappa shape index (κ3) is 5.38. The Bertz CT molecular complexity index is 704. The van der Waals surface area contributed by atoms with E-state index < -0.39 is 0 Å². The van der Waals surface area contributed by atoms with Crippen LogP contribution in [0.25, 0.3) is 0 Å². The lowest BCUT2D eigenvalue weighted by atomic mass is 10.1. The summed E-state index contributed by atoms with van der Waals surface area (Å²) in [5, 5.41) is 5.64. The highest BCUT2D eigenvalue weighted by atomic mass is 19.1. The van der Waals surface area contributed by atoms with Crippen molar-refractivity contribution in [3.05, 3.63) is 59.4 Å². The van der Waals surface area contributed by atoms with Crippen LogP contribution in [-0.2, 0) is 6.42 Å². The van der Waals surface area contributed by atoms with Crippen LogP contribution in [0.4, 0.5) is 9.18 Å². The lowest BCUT2D eigenvalue weighted by Crippen LogP contribution is -2.38. The Balaban J connectivity index is 1.85. The van der Waals surface area contributed by atoms with Gasteiger partial charge in [-0.05, 0) is 54.8 Å². The molecule has 1 atom stereocenters. The van der Waals surface area contributed by atoms with Gasteiger partial charge in [0, 0.05) is 6.54 Å². The fourth-order valence-electron chi connectivity index (χ4n) is 2.47. The number of rotatable bonds is 7. The fourth-order valence-corrected chi connectivity index (χ4v) is 2.47. The zero-order chi connectivity index (χ0) is 18.2. The van der Waals surface area contributed by atoms with Gasteiger partial charge in [0.2, 0.25) is 0 Å². The van der Waals surface area contributed by atoms with Gasteiger partial charge < -0.3 is 20.1 Å². The summed E-state index contributed by atoms with van der Waals surface area (Å²) in [5.74, 6) is 1.19. The standard InChI is InChI=1S/C19H23FN2O3/c1-13(14-4-6-16(20)7-5-14)22-19(23)21-11-10-15-12-17(24-2)8-9-18(15)25-3/h4-9,12-13H,10-11H2,1-3H3,(H2,21,22,23). The molecule has 0 fully saturated rings. The molecule has 25 heavy (non-hydrogen) atoms. The maximum atomic E-state index is 12.9. The molecule has 0 saturated heterocycles. The molecular weight excluding hydrogens is 323 g/mol. The molecule has 6 heteroatoms. The van der Waals surface area contributed by atoms with Gasteiger partial charge in [0.05, 0.1) is 20.3 Å². The first-order valence-electron chi connectivity index (χ1n) is 8.04. The maximum absolute atomic E-state index is 12.9. The molecule has 0 radical (unpaired) electrons. The minimum Gasteiger partial charge on any atom is -0.497 e. The molecule has 2 amide bonds. The summed E-state index contributed by atoms with van der Waals surface area (Å²) in [6.07, 6.45) is 0.610. The number of nitrogens with one attached hydrogen (secondary N) is 2. The Kier molecular flexibility index (Phi) is 6.62. The van der Waals surface area contributed by atoms with Gasteiger partial charge in [0.15, 0.2) is 0 Å². The highest BCUT2D eigenvalue weighted by Crippen LogP contribution is 2.24. The normalized spacial score (nSPS) is 11.5. The van der Waals surface area contributed by atoms with Crippen LogP contribution in [0.2, 0.25) is 0 Å². The lowest BCUT2D eigenvalue weighted by molar-refractivity contribution is 0.238. The van der Waals surface area contributed by atoms with E-state index in [2.05, 4.69) is 10.6 Å². The molecule has 2 aromatic rings. The molecule has 0 bridgehead atoms. The minimum absolute atomic E-state index is 0.216. The molecule has 134 valence electrons. The van der Waals surface area contributed by atoms with Crippen LogP contribution >= 0.6 is 0 Å². The average Bonchev–Trinajstić information content (AvgIpc) is 2.62. The van der Waals surface area contributed by atoms with Gasteiger partial charge in [-0.2, -0.15) is 0 Å². The number of hydrogen-bond donors (Lipinski definition) is 2. The summed E-state index contributed by atoms with van der Waals surface area (Å²) in [7, 11) is 3.21. The van der Waals surface area contributed by atoms with E-state index in [0.29, 0.717) is 13.0 Å². The molecule has 0 saturated carbocycles. The molecule has 0 aliphatic carbocycles. The van der Waals surface area contributed by atoms with Crippen molar-refractivity contribution in [3.8, 4) is 11.5 Å². The van der Waals surface area contributed by atoms with Gasteiger partial charge in [-0.25, -0.2) is 9.18 Å². The number of amides is 2. The first kappa shape index (κ1) is 18.6. The number of carbonyl (C=O) groups is 1. The number of benzene rings is 2. The molecule has 1 unspecified atom stereocenters. The molecule has 0 aliphatic rings. The molecule has 5 nitrogen and oxygen atoms in total. The first-order valence-corrected chi connectivity index (χ1v) is 8.04. The molecule has 0 heterocycles. The highest BCUT2D eigenvalue weighted by Gasteiger charge is 2.10. The van der Waals surface area contributed by atoms with Crippen LogP contribution in [0.15, 0.2) is 42.5 Å². The van der Waals surface area contributed by atoms with Crippen LogP contribution in [-0.4, -0.2) is 26.8 Å². The molecule has 0 aromatic heterocycles. The quantitative estimate of drug-likeness (QED) is 0.807. The van der Waals surface area contributed by atoms with Crippen LogP contribution < -0.4 is 20.1 Å². The number of urea groups is 1. The Morgan fingerprint density at radius 1 is 1.12 bits per heavy atom. The monoisotopic (exact) mass is 346 g/mol. The smallest absolute Gasteiger partial charge is 0.315 e. The molecular formula is C19H23FN2O3. The van der Waals surface area contributed by atoms with E-state index in [1.54, 1.807) is 26.4 Å². The van der Waals surface area contributed by atoms with E-state index in [4.69, 9.17) is 9.47 Å². The van der Waals surface area contributed by atoms with Crippen molar-refractivity contribution >= 4 is 6.03 Å². The largest absolute Gasteiger partial charge is 0.497 e. The third-order valence-electron chi connectivity index (χ3n) is 3.89. The zero-order valence-electron chi connectivity index (χ0n) is 14.6. The molecule has 2 rings (SSSR count). The SMILES string of the molecule is COc1ccc(OC)c(CCNC(=O)NC(C)c2ccc(F)cc2)c1. The van der Waals surface area contributed by atoms with Crippen LogP contribution in [0, 0.1) is 5.82 Å². The van der Waals surface area contributed by atoms with Crippen molar-refractivity contribution in [1.82, 2.24) is 10.6 Å². The van der Waals surface area contributed by atoms with Gasteiger partial charge >= 0.3 is 6.03 Å². The predicted octanol–water partition coefficient (Wildman–Crippen LogP) is 3.45. The van der Waals surface area contributed by atoms with Gasteiger partial charge in [-0.1, -0.05) is 12.1 Å². The molecule has 2 aromatic carbocycles. The van der Waals surface area contributed by atoms with E-state index in [9.17, 15) is 9.18 Å². The topological polar surface area (TPSA) is 59.6 Å². The molecule has 0 aliphatic heterocycles. The van der Waals surface area contributed by atoms with Gasteiger partial charge in [-0.15, -0.1) is 0 Å².